The lowest BCUT2D eigenvalue weighted by Crippen LogP contribution is -2.06. The van der Waals surface area contributed by atoms with Crippen LogP contribution in [-0.2, 0) is 0 Å². The molecule has 0 aliphatic carbocycles. The van der Waals surface area contributed by atoms with E-state index < -0.39 is 6.29 Å². The highest BCUT2D eigenvalue weighted by Crippen LogP contribution is 1.74. The van der Waals surface area contributed by atoms with Gasteiger partial charge in [0.05, 0.1) is 6.54 Å². The first-order valence-corrected chi connectivity index (χ1v) is 1.64. The molecule has 7 heavy (non-hydrogen) atoms. The molecule has 0 saturated heterocycles. The molecule has 0 rings (SSSR count). The third-order valence-corrected chi connectivity index (χ3v) is 0.308. The number of hydrogen-bond acceptors (Lipinski definition) is 3. The van der Waals surface area contributed by atoms with Crippen molar-refractivity contribution in [3.05, 3.63) is 10.4 Å². The van der Waals surface area contributed by atoms with Crippen LogP contribution in [0.15, 0.2) is 5.11 Å². The summed E-state index contributed by atoms with van der Waals surface area (Å²) in [6.07, 6.45) is -1.52. The van der Waals surface area contributed by atoms with E-state index in [9.17, 15) is 0 Å². The van der Waals surface area contributed by atoms with E-state index in [4.69, 9.17) is 15.7 Å². The highest BCUT2D eigenvalue weighted by atomic mass is 16.5. The van der Waals surface area contributed by atoms with Gasteiger partial charge in [-0.15, -0.1) is 0 Å². The summed E-state index contributed by atoms with van der Waals surface area (Å²) < 4.78 is 0. The predicted molar refractivity (Wildman–Crippen MR) is 22.2 cm³/mol. The third kappa shape index (κ3) is 5.23. The van der Waals surface area contributed by atoms with Gasteiger partial charge < -0.3 is 10.2 Å². The predicted octanol–water partition coefficient (Wildman–Crippen LogP) is -0.393. The van der Waals surface area contributed by atoms with Crippen LogP contribution in [0.1, 0.15) is 0 Å². The highest BCUT2D eigenvalue weighted by molar-refractivity contribution is 4.45. The molecular weight excluding hydrogens is 98.0 g/mol. The van der Waals surface area contributed by atoms with E-state index in [1.54, 1.807) is 0 Å². The van der Waals surface area contributed by atoms with E-state index in [1.165, 1.54) is 0 Å². The van der Waals surface area contributed by atoms with Crippen LogP contribution in [0.2, 0.25) is 0 Å². The number of aliphatic hydroxyl groups excluding tert-OH is 1. The maximum absolute atomic E-state index is 7.97. The number of azide groups is 1. The Morgan fingerprint density at radius 1 is 1.71 bits per heavy atom. The first-order valence-electron chi connectivity index (χ1n) is 1.64. The van der Waals surface area contributed by atoms with Crippen molar-refractivity contribution in [2.24, 2.45) is 5.11 Å². The van der Waals surface area contributed by atoms with Crippen LogP contribution in [0.25, 0.3) is 10.4 Å². The van der Waals surface area contributed by atoms with Gasteiger partial charge in [0.15, 0.2) is 6.29 Å². The minimum Gasteiger partial charge on any atom is -0.368 e. The van der Waals surface area contributed by atoms with E-state index in [0.29, 0.717) is 0 Å². The molecule has 0 heterocycles. The standard InChI is InChI=1S/C2H5N3O2/c3-5-4-1-2(6)7/h2,6-7H,1H2. The van der Waals surface area contributed by atoms with Crippen molar-refractivity contribution in [1.29, 1.82) is 0 Å². The molecule has 0 aliphatic heterocycles. The lowest BCUT2D eigenvalue weighted by atomic mass is 10.7. The van der Waals surface area contributed by atoms with Crippen molar-refractivity contribution >= 4 is 0 Å². The van der Waals surface area contributed by atoms with Crippen LogP contribution in [0.5, 0.6) is 0 Å². The topological polar surface area (TPSA) is 89.2 Å². The number of aliphatic hydroxyl groups is 2. The molecule has 0 bridgehead atoms. The highest BCUT2D eigenvalue weighted by Gasteiger charge is 1.88. The Labute approximate surface area is 39.8 Å². The first kappa shape index (κ1) is 6.23. The maximum Gasteiger partial charge on any atom is 0.157 e. The largest absolute Gasteiger partial charge is 0.368 e. The zero-order chi connectivity index (χ0) is 5.70. The Bertz CT molecular complexity index is 84.9. The van der Waals surface area contributed by atoms with Crippen LogP contribution >= 0.6 is 0 Å². The number of nitrogens with zero attached hydrogens (tertiary/aromatic N) is 3. The molecular formula is C2H5N3O2. The minimum absolute atomic E-state index is 0.281. The first-order chi connectivity index (χ1) is 3.27. The summed E-state index contributed by atoms with van der Waals surface area (Å²) in [5.74, 6) is 0. The molecule has 0 radical (unpaired) electrons. The van der Waals surface area contributed by atoms with E-state index in [2.05, 4.69) is 10.0 Å². The Kier molecular flexibility index (Phi) is 3.04. The molecule has 0 aromatic rings. The summed E-state index contributed by atoms with van der Waals surface area (Å²) in [5.41, 5.74) is 7.55. The monoisotopic (exact) mass is 103 g/mol. The third-order valence-electron chi connectivity index (χ3n) is 0.308. The normalized spacial score (nSPS) is 8.43. The van der Waals surface area contributed by atoms with Crippen molar-refractivity contribution in [2.75, 3.05) is 6.54 Å². The van der Waals surface area contributed by atoms with Crippen LogP contribution in [0.4, 0.5) is 0 Å². The smallest absolute Gasteiger partial charge is 0.157 e. The Morgan fingerprint density at radius 3 is 2.43 bits per heavy atom. The van der Waals surface area contributed by atoms with E-state index >= 15 is 0 Å². The average Bonchev–Trinajstić information content (AvgIpc) is 1.61. The van der Waals surface area contributed by atoms with Gasteiger partial charge in [-0.2, -0.15) is 0 Å². The van der Waals surface area contributed by atoms with Crippen molar-refractivity contribution in [3.63, 3.8) is 0 Å². The SMILES string of the molecule is [N-]=[N+]=NCC(O)O. The second-order valence-electron chi connectivity index (χ2n) is 0.894. The van der Waals surface area contributed by atoms with Crippen molar-refractivity contribution in [3.8, 4) is 0 Å². The zero-order valence-electron chi connectivity index (χ0n) is 3.52. The van der Waals surface area contributed by atoms with Gasteiger partial charge in [-0.05, 0) is 5.53 Å². The summed E-state index contributed by atoms with van der Waals surface area (Å²) in [4.78, 5) is 2.28. The lowest BCUT2D eigenvalue weighted by molar-refractivity contribution is -0.0307. The van der Waals surface area contributed by atoms with Gasteiger partial charge in [0, 0.05) is 4.91 Å². The second-order valence-corrected chi connectivity index (χ2v) is 0.894. The van der Waals surface area contributed by atoms with Gasteiger partial charge in [0.2, 0.25) is 0 Å². The second kappa shape index (κ2) is 3.42. The van der Waals surface area contributed by atoms with Crippen molar-refractivity contribution in [2.45, 2.75) is 6.29 Å². The molecule has 2 N–H and O–H groups in total. The molecule has 40 valence electrons. The summed E-state index contributed by atoms with van der Waals surface area (Å²) in [6.45, 7) is -0.281. The fourth-order valence-electron chi connectivity index (χ4n) is 0.110. The van der Waals surface area contributed by atoms with Crippen molar-refractivity contribution < 1.29 is 10.2 Å². The number of rotatable bonds is 2. The lowest BCUT2D eigenvalue weighted by Gasteiger charge is -1.90. The summed E-state index contributed by atoms with van der Waals surface area (Å²) in [5, 5.41) is 18.8. The zero-order valence-corrected chi connectivity index (χ0v) is 3.52. The molecule has 0 atom stereocenters. The van der Waals surface area contributed by atoms with E-state index in [-0.39, 0.29) is 6.54 Å². The summed E-state index contributed by atoms with van der Waals surface area (Å²) in [7, 11) is 0. The Hall–Kier alpha value is -0.770. The Morgan fingerprint density at radius 2 is 2.29 bits per heavy atom. The van der Waals surface area contributed by atoms with Crippen LogP contribution < -0.4 is 0 Å². The van der Waals surface area contributed by atoms with Gasteiger partial charge in [-0.3, -0.25) is 0 Å². The minimum atomic E-state index is -1.52. The molecule has 0 fully saturated rings. The molecule has 0 amide bonds. The van der Waals surface area contributed by atoms with Gasteiger partial charge in [0.1, 0.15) is 0 Å². The molecule has 0 unspecified atom stereocenters. The maximum atomic E-state index is 7.97. The number of hydrogen-bond donors (Lipinski definition) is 2. The fourth-order valence-corrected chi connectivity index (χ4v) is 0.110. The van der Waals surface area contributed by atoms with Gasteiger partial charge in [-0.25, -0.2) is 0 Å². The molecule has 0 aromatic carbocycles. The van der Waals surface area contributed by atoms with Crippen molar-refractivity contribution in [1.82, 2.24) is 0 Å². The van der Waals surface area contributed by atoms with Gasteiger partial charge in [0.25, 0.3) is 0 Å². The fraction of sp³-hybridized carbons (Fsp3) is 1.00. The Balaban J connectivity index is 3.13. The van der Waals surface area contributed by atoms with Crippen LogP contribution in [0, 0.1) is 0 Å². The molecule has 0 aliphatic rings. The summed E-state index contributed by atoms with van der Waals surface area (Å²) >= 11 is 0. The average molecular weight is 103 g/mol. The van der Waals surface area contributed by atoms with Gasteiger partial charge in [-0.1, -0.05) is 5.11 Å². The molecule has 0 aromatic heterocycles. The molecule has 0 saturated carbocycles. The van der Waals surface area contributed by atoms with Crippen LogP contribution in [-0.4, -0.2) is 23.0 Å². The van der Waals surface area contributed by atoms with E-state index in [0.717, 1.165) is 0 Å². The van der Waals surface area contributed by atoms with Gasteiger partial charge >= 0.3 is 0 Å². The summed E-state index contributed by atoms with van der Waals surface area (Å²) in [6, 6.07) is 0. The molecule has 5 heteroatoms. The quantitative estimate of drug-likeness (QED) is 0.215. The molecule has 5 nitrogen and oxygen atoms in total. The molecule has 0 spiro atoms. The van der Waals surface area contributed by atoms with E-state index in [1.807, 2.05) is 0 Å². The van der Waals surface area contributed by atoms with Crippen LogP contribution in [0.3, 0.4) is 0 Å².